The predicted octanol–water partition coefficient (Wildman–Crippen LogP) is 3.75. The van der Waals surface area contributed by atoms with Crippen molar-refractivity contribution < 1.29 is 24.0 Å². The number of amides is 1. The number of anilines is 2. The molecule has 11 heteroatoms. The first-order valence-electron chi connectivity index (χ1n) is 8.88. The van der Waals surface area contributed by atoms with E-state index in [2.05, 4.69) is 37.2 Å². The molecule has 0 spiro atoms. The van der Waals surface area contributed by atoms with Crippen LogP contribution in [0.2, 0.25) is 0 Å². The number of hydrogen-bond acceptors (Lipinski definition) is 7. The summed E-state index contributed by atoms with van der Waals surface area (Å²) < 4.78 is 11.9. The molecule has 0 bridgehead atoms. The van der Waals surface area contributed by atoms with Gasteiger partial charge >= 0.3 is 5.97 Å². The average molecular weight is 543 g/mol. The highest BCUT2D eigenvalue weighted by Gasteiger charge is 2.23. The second-order valence-electron chi connectivity index (χ2n) is 6.31. The van der Waals surface area contributed by atoms with Gasteiger partial charge in [-0.15, -0.1) is 0 Å². The van der Waals surface area contributed by atoms with Gasteiger partial charge in [0.2, 0.25) is 0 Å². The molecule has 2 aromatic rings. The third-order valence-corrected chi connectivity index (χ3v) is 5.45. The minimum absolute atomic E-state index is 0.0312. The number of halogens is 2. The van der Waals surface area contributed by atoms with Crippen LogP contribution in [0.1, 0.15) is 10.4 Å². The van der Waals surface area contributed by atoms with Crippen LogP contribution in [0.5, 0.6) is 0 Å². The van der Waals surface area contributed by atoms with Gasteiger partial charge in [-0.05, 0) is 40.2 Å². The highest BCUT2D eigenvalue weighted by atomic mass is 79.9. The van der Waals surface area contributed by atoms with Crippen LogP contribution in [0.3, 0.4) is 0 Å². The topological polar surface area (TPSA) is 111 Å². The number of esters is 1. The number of carbonyl (C=O) groups excluding carboxylic acids is 2. The molecule has 1 aliphatic heterocycles. The molecule has 0 radical (unpaired) electrons. The average Bonchev–Trinajstić information content (AvgIpc) is 2.74. The number of morpholine rings is 1. The number of nitrogens with zero attached hydrogens (tertiary/aromatic N) is 2. The van der Waals surface area contributed by atoms with Gasteiger partial charge in [-0.25, -0.2) is 4.79 Å². The van der Waals surface area contributed by atoms with E-state index >= 15 is 0 Å². The number of nitro benzene ring substituents is 1. The summed E-state index contributed by atoms with van der Waals surface area (Å²) in [4.78, 5) is 37.3. The summed E-state index contributed by atoms with van der Waals surface area (Å²) in [5.74, 6) is -1.35. The zero-order chi connectivity index (χ0) is 21.7. The summed E-state index contributed by atoms with van der Waals surface area (Å²) >= 11 is 6.66. The number of nitrogens with one attached hydrogen (secondary N) is 1. The predicted molar refractivity (Wildman–Crippen MR) is 117 cm³/mol. The molecule has 1 saturated heterocycles. The largest absolute Gasteiger partial charge is 0.452 e. The Bertz CT molecular complexity index is 979. The Kier molecular flexibility index (Phi) is 7.40. The maximum Gasteiger partial charge on any atom is 0.341 e. The molecule has 9 nitrogen and oxygen atoms in total. The second-order valence-corrected chi connectivity index (χ2v) is 8.08. The fraction of sp³-hybridized carbons (Fsp3) is 0.263. The summed E-state index contributed by atoms with van der Waals surface area (Å²) in [5.41, 5.74) is 0.819. The molecule has 2 aromatic carbocycles. The minimum atomic E-state index is -0.815. The maximum atomic E-state index is 12.7. The molecule has 1 aliphatic rings. The van der Waals surface area contributed by atoms with E-state index in [9.17, 15) is 19.7 Å². The van der Waals surface area contributed by atoms with Gasteiger partial charge in [-0.2, -0.15) is 0 Å². The van der Waals surface area contributed by atoms with Crippen LogP contribution >= 0.6 is 31.9 Å². The second kappa shape index (κ2) is 10.0. The van der Waals surface area contributed by atoms with E-state index in [4.69, 9.17) is 9.47 Å². The first kappa shape index (κ1) is 22.2. The van der Waals surface area contributed by atoms with Crippen molar-refractivity contribution in [3.8, 4) is 0 Å². The van der Waals surface area contributed by atoms with E-state index in [0.717, 1.165) is 10.5 Å². The lowest BCUT2D eigenvalue weighted by molar-refractivity contribution is -0.384. The Balaban J connectivity index is 1.72. The molecule has 0 atom stereocenters. The number of ether oxygens (including phenoxy) is 2. The van der Waals surface area contributed by atoms with Crippen LogP contribution < -0.4 is 10.2 Å². The minimum Gasteiger partial charge on any atom is -0.452 e. The van der Waals surface area contributed by atoms with Crippen LogP contribution in [0, 0.1) is 10.1 Å². The first-order valence-corrected chi connectivity index (χ1v) is 10.5. The van der Waals surface area contributed by atoms with Crippen molar-refractivity contribution in [2.75, 3.05) is 43.1 Å². The van der Waals surface area contributed by atoms with Crippen molar-refractivity contribution >= 4 is 60.8 Å². The lowest BCUT2D eigenvalue weighted by Crippen LogP contribution is -2.37. The Morgan fingerprint density at radius 2 is 1.90 bits per heavy atom. The van der Waals surface area contributed by atoms with Gasteiger partial charge in [0, 0.05) is 34.2 Å². The van der Waals surface area contributed by atoms with Crippen molar-refractivity contribution in [2.24, 2.45) is 0 Å². The normalized spacial score (nSPS) is 13.6. The number of nitro groups is 1. The van der Waals surface area contributed by atoms with E-state index in [1.54, 1.807) is 18.2 Å². The third-order valence-electron chi connectivity index (χ3n) is 4.30. The Morgan fingerprint density at radius 3 is 2.57 bits per heavy atom. The van der Waals surface area contributed by atoms with E-state index in [-0.39, 0.29) is 11.3 Å². The van der Waals surface area contributed by atoms with Crippen molar-refractivity contribution in [1.29, 1.82) is 0 Å². The quantitative estimate of drug-likeness (QED) is 0.336. The van der Waals surface area contributed by atoms with Crippen LogP contribution in [0.25, 0.3) is 0 Å². The number of hydrogen-bond donors (Lipinski definition) is 1. The molecule has 3 rings (SSSR count). The van der Waals surface area contributed by atoms with E-state index in [0.29, 0.717) is 42.2 Å². The van der Waals surface area contributed by atoms with Gasteiger partial charge < -0.3 is 19.7 Å². The summed E-state index contributed by atoms with van der Waals surface area (Å²) in [6.45, 7) is 1.50. The molecule has 1 amide bonds. The van der Waals surface area contributed by atoms with Crippen LogP contribution in [-0.2, 0) is 14.3 Å². The zero-order valence-electron chi connectivity index (χ0n) is 15.6. The highest BCUT2D eigenvalue weighted by Crippen LogP contribution is 2.28. The number of benzene rings is 2. The number of carbonyl (C=O) groups is 2. The fourth-order valence-corrected chi connectivity index (χ4v) is 4.01. The summed E-state index contributed by atoms with van der Waals surface area (Å²) in [5, 5.41) is 13.8. The van der Waals surface area contributed by atoms with Crippen molar-refractivity contribution in [3.63, 3.8) is 0 Å². The van der Waals surface area contributed by atoms with Gasteiger partial charge in [0.15, 0.2) is 6.61 Å². The van der Waals surface area contributed by atoms with E-state index < -0.39 is 23.4 Å². The van der Waals surface area contributed by atoms with Crippen LogP contribution in [0.15, 0.2) is 45.3 Å². The lowest BCUT2D eigenvalue weighted by atomic mass is 10.1. The number of non-ortho nitro benzene ring substituents is 1. The van der Waals surface area contributed by atoms with E-state index in [1.165, 1.54) is 12.1 Å². The Hall–Kier alpha value is -2.50. The molecular formula is C19H17Br2N3O6. The van der Waals surface area contributed by atoms with Crippen molar-refractivity contribution in [3.05, 3.63) is 61.0 Å². The molecule has 1 heterocycles. The molecule has 1 fully saturated rings. The van der Waals surface area contributed by atoms with Gasteiger partial charge in [-0.1, -0.05) is 15.9 Å². The van der Waals surface area contributed by atoms with Crippen LogP contribution in [-0.4, -0.2) is 49.7 Å². The third kappa shape index (κ3) is 5.55. The van der Waals surface area contributed by atoms with Gasteiger partial charge in [0.05, 0.1) is 35.1 Å². The van der Waals surface area contributed by atoms with Crippen molar-refractivity contribution in [2.45, 2.75) is 0 Å². The Morgan fingerprint density at radius 1 is 1.17 bits per heavy atom. The van der Waals surface area contributed by atoms with Gasteiger partial charge in [-0.3, -0.25) is 14.9 Å². The first-order chi connectivity index (χ1) is 14.3. The monoisotopic (exact) mass is 541 g/mol. The van der Waals surface area contributed by atoms with E-state index in [1.807, 2.05) is 4.90 Å². The Labute approximate surface area is 188 Å². The molecule has 0 aromatic heterocycles. The maximum absolute atomic E-state index is 12.7. The standard InChI is InChI=1S/C19H17Br2N3O6/c20-12-1-3-16(15(21)9-12)22-18(25)11-30-19(26)14-10-13(24(27)28)2-4-17(14)23-5-7-29-8-6-23/h1-4,9-10H,5-8,11H2,(H,22,25). The van der Waals surface area contributed by atoms with Crippen molar-refractivity contribution in [1.82, 2.24) is 0 Å². The van der Waals surface area contributed by atoms with Crippen LogP contribution in [0.4, 0.5) is 17.1 Å². The molecule has 0 saturated carbocycles. The fourth-order valence-electron chi connectivity index (χ4n) is 2.87. The van der Waals surface area contributed by atoms with Gasteiger partial charge in [0.1, 0.15) is 0 Å². The summed E-state index contributed by atoms with van der Waals surface area (Å²) in [6.07, 6.45) is 0. The number of rotatable bonds is 6. The zero-order valence-corrected chi connectivity index (χ0v) is 18.8. The molecule has 0 unspecified atom stereocenters. The van der Waals surface area contributed by atoms with Gasteiger partial charge in [0.25, 0.3) is 11.6 Å². The molecule has 158 valence electrons. The highest BCUT2D eigenvalue weighted by molar-refractivity contribution is 9.11. The summed E-state index contributed by atoms with van der Waals surface area (Å²) in [6, 6.07) is 9.21. The summed E-state index contributed by atoms with van der Waals surface area (Å²) in [7, 11) is 0. The molecule has 1 N–H and O–H groups in total. The smallest absolute Gasteiger partial charge is 0.341 e. The SMILES string of the molecule is O=C(COC(=O)c1cc([N+](=O)[O-])ccc1N1CCOCC1)Nc1ccc(Br)cc1Br. The molecule has 30 heavy (non-hydrogen) atoms. The molecular weight excluding hydrogens is 526 g/mol. The molecule has 0 aliphatic carbocycles. The lowest BCUT2D eigenvalue weighted by Gasteiger charge is -2.30.